The van der Waals surface area contributed by atoms with Crippen molar-refractivity contribution < 1.29 is 14.3 Å². The maximum Gasteiger partial charge on any atom is 0.347 e. The van der Waals surface area contributed by atoms with Gasteiger partial charge in [0.25, 0.3) is 0 Å². The molecule has 0 aliphatic carbocycles. The van der Waals surface area contributed by atoms with E-state index in [1.165, 1.54) is 12.7 Å². The van der Waals surface area contributed by atoms with Gasteiger partial charge in [0.15, 0.2) is 6.10 Å². The lowest BCUT2D eigenvalue weighted by Crippen LogP contribution is -2.28. The van der Waals surface area contributed by atoms with E-state index in [0.29, 0.717) is 6.42 Å². The van der Waals surface area contributed by atoms with Crippen LogP contribution < -0.4 is 4.74 Å². The zero-order chi connectivity index (χ0) is 15.2. The van der Waals surface area contributed by atoms with Crippen LogP contribution in [0.15, 0.2) is 24.3 Å². The molecule has 0 N–H and O–H groups in total. The fourth-order valence-electron chi connectivity index (χ4n) is 1.95. The molecule has 0 saturated carbocycles. The summed E-state index contributed by atoms with van der Waals surface area (Å²) in [5.74, 6) is 0.420. The number of unbranched alkanes of at least 4 members (excludes halogenated alkanes) is 1. The van der Waals surface area contributed by atoms with Gasteiger partial charge in [-0.2, -0.15) is 0 Å². The summed E-state index contributed by atoms with van der Waals surface area (Å²) in [4.78, 5) is 11.8. The Morgan fingerprint density at radius 1 is 1.30 bits per heavy atom. The number of rotatable bonds is 6. The lowest BCUT2D eigenvalue weighted by molar-refractivity contribution is -0.149. The van der Waals surface area contributed by atoms with E-state index in [0.717, 1.165) is 18.6 Å². The minimum Gasteiger partial charge on any atom is -0.479 e. The first-order chi connectivity index (χ1) is 9.38. The summed E-state index contributed by atoms with van der Waals surface area (Å²) in [5, 5.41) is 0. The second-order valence-corrected chi connectivity index (χ2v) is 6.05. The van der Waals surface area contributed by atoms with E-state index in [1.54, 1.807) is 0 Å². The fourth-order valence-corrected chi connectivity index (χ4v) is 1.95. The molecular formula is C17H26O3. The molecule has 0 heterocycles. The number of benzene rings is 1. The van der Waals surface area contributed by atoms with Gasteiger partial charge in [0.1, 0.15) is 5.75 Å². The summed E-state index contributed by atoms with van der Waals surface area (Å²) in [6.45, 7) is 8.55. The predicted molar refractivity (Wildman–Crippen MR) is 81.1 cm³/mol. The fraction of sp³-hybridized carbons (Fsp3) is 0.588. The number of ether oxygens (including phenoxy) is 2. The van der Waals surface area contributed by atoms with Crippen LogP contribution >= 0.6 is 0 Å². The van der Waals surface area contributed by atoms with Gasteiger partial charge < -0.3 is 9.47 Å². The largest absolute Gasteiger partial charge is 0.479 e. The molecule has 0 saturated heterocycles. The van der Waals surface area contributed by atoms with E-state index in [2.05, 4.69) is 33.8 Å². The third-order valence-electron chi connectivity index (χ3n) is 3.26. The quantitative estimate of drug-likeness (QED) is 0.735. The zero-order valence-corrected chi connectivity index (χ0v) is 13.2. The Morgan fingerprint density at radius 3 is 2.55 bits per heavy atom. The number of carbonyl (C=O) groups is 1. The first-order valence-corrected chi connectivity index (χ1v) is 7.23. The number of carbonyl (C=O) groups excluding carboxylic acids is 1. The first kappa shape index (κ1) is 16.5. The SMILES string of the molecule is CCCCC(Oc1cccc(C(C)(C)C)c1)C(=O)OC. The molecule has 0 aliphatic heterocycles. The molecular weight excluding hydrogens is 252 g/mol. The van der Waals surface area contributed by atoms with Crippen molar-refractivity contribution in [1.29, 1.82) is 0 Å². The van der Waals surface area contributed by atoms with Crippen LogP contribution in [0.1, 0.15) is 52.5 Å². The summed E-state index contributed by atoms with van der Waals surface area (Å²) in [5.41, 5.74) is 1.25. The maximum absolute atomic E-state index is 11.8. The number of methoxy groups -OCH3 is 1. The molecule has 3 heteroatoms. The summed E-state index contributed by atoms with van der Waals surface area (Å²) < 4.78 is 10.6. The lowest BCUT2D eigenvalue weighted by atomic mass is 9.87. The summed E-state index contributed by atoms with van der Waals surface area (Å²) in [7, 11) is 1.40. The van der Waals surface area contributed by atoms with Gasteiger partial charge in [0, 0.05) is 0 Å². The van der Waals surface area contributed by atoms with E-state index < -0.39 is 6.10 Å². The molecule has 1 unspecified atom stereocenters. The molecule has 1 rings (SSSR count). The molecule has 0 aromatic heterocycles. The molecule has 0 fully saturated rings. The highest BCUT2D eigenvalue weighted by atomic mass is 16.6. The second kappa shape index (κ2) is 7.32. The van der Waals surface area contributed by atoms with Crippen molar-refractivity contribution in [3.05, 3.63) is 29.8 Å². The summed E-state index contributed by atoms with van der Waals surface area (Å²) >= 11 is 0. The van der Waals surface area contributed by atoms with Crippen LogP contribution in [0, 0.1) is 0 Å². The van der Waals surface area contributed by atoms with Crippen molar-refractivity contribution in [2.24, 2.45) is 0 Å². The van der Waals surface area contributed by atoms with Crippen molar-refractivity contribution in [2.45, 2.75) is 58.5 Å². The Bertz CT molecular complexity index is 432. The molecule has 3 nitrogen and oxygen atoms in total. The van der Waals surface area contributed by atoms with Crippen LogP contribution in [-0.2, 0) is 14.9 Å². The monoisotopic (exact) mass is 278 g/mol. The number of hydrogen-bond acceptors (Lipinski definition) is 3. The smallest absolute Gasteiger partial charge is 0.347 e. The van der Waals surface area contributed by atoms with Gasteiger partial charge >= 0.3 is 5.97 Å². The predicted octanol–water partition coefficient (Wildman–Crippen LogP) is 4.09. The Labute approximate surface area is 122 Å². The highest BCUT2D eigenvalue weighted by molar-refractivity contribution is 5.74. The summed E-state index contributed by atoms with van der Waals surface area (Å²) in [6.07, 6.45) is 2.13. The van der Waals surface area contributed by atoms with Crippen molar-refractivity contribution in [3.63, 3.8) is 0 Å². The van der Waals surface area contributed by atoms with Gasteiger partial charge in [-0.05, 0) is 36.0 Å². The average Bonchev–Trinajstić information content (AvgIpc) is 2.42. The van der Waals surface area contributed by atoms with Crippen LogP contribution in [0.5, 0.6) is 5.75 Å². The van der Waals surface area contributed by atoms with Crippen molar-refractivity contribution in [3.8, 4) is 5.75 Å². The standard InChI is InChI=1S/C17H26O3/c1-6-7-11-15(16(18)19-5)20-14-10-8-9-13(12-14)17(2,3)4/h8-10,12,15H,6-7,11H2,1-5H3. The average molecular weight is 278 g/mol. The molecule has 112 valence electrons. The van der Waals surface area contributed by atoms with Gasteiger partial charge in [0.2, 0.25) is 0 Å². The normalized spacial score (nSPS) is 12.8. The van der Waals surface area contributed by atoms with Crippen LogP contribution in [0.4, 0.5) is 0 Å². The van der Waals surface area contributed by atoms with Crippen LogP contribution in [0.3, 0.4) is 0 Å². The molecule has 1 aromatic rings. The minimum atomic E-state index is -0.518. The molecule has 0 bridgehead atoms. The van der Waals surface area contributed by atoms with E-state index in [4.69, 9.17) is 9.47 Å². The minimum absolute atomic E-state index is 0.0591. The van der Waals surface area contributed by atoms with Gasteiger partial charge in [-0.1, -0.05) is 46.2 Å². The molecule has 20 heavy (non-hydrogen) atoms. The van der Waals surface area contributed by atoms with E-state index in [9.17, 15) is 4.79 Å². The lowest BCUT2D eigenvalue weighted by Gasteiger charge is -2.21. The second-order valence-electron chi connectivity index (χ2n) is 6.05. The highest BCUT2D eigenvalue weighted by Crippen LogP contribution is 2.26. The number of hydrogen-bond donors (Lipinski definition) is 0. The van der Waals surface area contributed by atoms with E-state index in [-0.39, 0.29) is 11.4 Å². The van der Waals surface area contributed by atoms with Crippen molar-refractivity contribution in [2.75, 3.05) is 7.11 Å². The van der Waals surface area contributed by atoms with Crippen LogP contribution in [0.2, 0.25) is 0 Å². The third kappa shape index (κ3) is 4.87. The third-order valence-corrected chi connectivity index (χ3v) is 3.26. The Balaban J connectivity index is 2.85. The zero-order valence-electron chi connectivity index (χ0n) is 13.2. The van der Waals surface area contributed by atoms with Crippen molar-refractivity contribution >= 4 is 5.97 Å². The van der Waals surface area contributed by atoms with Crippen LogP contribution in [-0.4, -0.2) is 19.2 Å². The Morgan fingerprint density at radius 2 is 2.00 bits per heavy atom. The maximum atomic E-state index is 11.8. The molecule has 1 atom stereocenters. The Kier molecular flexibility index (Phi) is 6.05. The van der Waals surface area contributed by atoms with Crippen LogP contribution in [0.25, 0.3) is 0 Å². The summed E-state index contributed by atoms with van der Waals surface area (Å²) in [6, 6.07) is 7.93. The molecule has 0 spiro atoms. The molecule has 0 aliphatic rings. The van der Waals surface area contributed by atoms with Gasteiger partial charge in [-0.15, -0.1) is 0 Å². The first-order valence-electron chi connectivity index (χ1n) is 7.23. The topological polar surface area (TPSA) is 35.5 Å². The van der Waals surface area contributed by atoms with Gasteiger partial charge in [-0.3, -0.25) is 0 Å². The van der Waals surface area contributed by atoms with E-state index in [1.807, 2.05) is 18.2 Å². The van der Waals surface area contributed by atoms with Gasteiger partial charge in [0.05, 0.1) is 7.11 Å². The molecule has 0 amide bonds. The van der Waals surface area contributed by atoms with Gasteiger partial charge in [-0.25, -0.2) is 4.79 Å². The Hall–Kier alpha value is -1.51. The highest BCUT2D eigenvalue weighted by Gasteiger charge is 2.21. The van der Waals surface area contributed by atoms with Crippen molar-refractivity contribution in [1.82, 2.24) is 0 Å². The van der Waals surface area contributed by atoms with E-state index >= 15 is 0 Å². The molecule has 0 radical (unpaired) electrons. The molecule has 1 aromatic carbocycles. The number of esters is 1.